The summed E-state index contributed by atoms with van der Waals surface area (Å²) >= 11 is 0. The lowest BCUT2D eigenvalue weighted by molar-refractivity contribution is 0.0952. The van der Waals surface area contributed by atoms with Crippen molar-refractivity contribution in [1.82, 2.24) is 20.5 Å². The summed E-state index contributed by atoms with van der Waals surface area (Å²) < 4.78 is 18.7. The third-order valence-corrected chi connectivity index (χ3v) is 5.58. The van der Waals surface area contributed by atoms with Gasteiger partial charge in [-0.05, 0) is 60.2 Å². The van der Waals surface area contributed by atoms with E-state index in [0.717, 1.165) is 16.9 Å². The van der Waals surface area contributed by atoms with Crippen LogP contribution >= 0.6 is 0 Å². The maximum absolute atomic E-state index is 13.5. The van der Waals surface area contributed by atoms with Gasteiger partial charge in [0, 0.05) is 17.7 Å². The molecule has 0 spiro atoms. The number of aromatic amines is 1. The molecule has 2 aromatic heterocycles. The van der Waals surface area contributed by atoms with Gasteiger partial charge in [-0.15, -0.1) is 0 Å². The van der Waals surface area contributed by atoms with Gasteiger partial charge in [-0.3, -0.25) is 9.89 Å². The zero-order valence-corrected chi connectivity index (χ0v) is 18.4. The van der Waals surface area contributed by atoms with Crippen molar-refractivity contribution in [2.75, 3.05) is 7.11 Å². The number of methoxy groups -OCH3 is 1. The van der Waals surface area contributed by atoms with Crippen molar-refractivity contribution in [1.29, 1.82) is 0 Å². The Labute approximate surface area is 195 Å². The number of fused-ring (bicyclic) bond motifs is 1. The largest absolute Gasteiger partial charge is 0.497 e. The smallest absolute Gasteiger partial charge is 0.252 e. The minimum absolute atomic E-state index is 0.254. The average Bonchev–Trinajstić information content (AvgIpc) is 3.32. The number of nitrogens with one attached hydrogen (secondary N) is 2. The number of hydrogen-bond donors (Lipinski definition) is 2. The highest BCUT2D eigenvalue weighted by atomic mass is 19.1. The molecule has 1 amide bonds. The molecule has 5 rings (SSSR count). The third kappa shape index (κ3) is 4.23. The lowest BCUT2D eigenvalue weighted by atomic mass is 10.0. The first kappa shape index (κ1) is 21.3. The molecule has 6 nitrogen and oxygen atoms in total. The highest BCUT2D eigenvalue weighted by molar-refractivity contribution is 6.10. The second-order valence-electron chi connectivity index (χ2n) is 7.76. The Kier molecular flexibility index (Phi) is 5.74. The van der Waals surface area contributed by atoms with Gasteiger partial charge in [0.2, 0.25) is 0 Å². The molecule has 0 aliphatic heterocycles. The average molecular weight is 452 g/mol. The summed E-state index contributed by atoms with van der Waals surface area (Å²) in [6, 6.07) is 24.9. The summed E-state index contributed by atoms with van der Waals surface area (Å²) in [5, 5.41) is 10.9. The molecule has 168 valence electrons. The minimum atomic E-state index is -0.340. The number of aromatic nitrogens is 3. The first-order valence-corrected chi connectivity index (χ1v) is 10.7. The van der Waals surface area contributed by atoms with Gasteiger partial charge in [-0.25, -0.2) is 9.37 Å². The quantitative estimate of drug-likeness (QED) is 0.363. The molecule has 0 saturated heterocycles. The zero-order valence-electron chi connectivity index (χ0n) is 18.4. The van der Waals surface area contributed by atoms with Crippen LogP contribution in [0, 0.1) is 5.82 Å². The number of amides is 1. The molecule has 5 aromatic rings. The number of halogens is 1. The third-order valence-electron chi connectivity index (χ3n) is 5.58. The normalized spacial score (nSPS) is 10.9. The van der Waals surface area contributed by atoms with E-state index >= 15 is 0 Å². The number of rotatable bonds is 6. The number of hydrogen-bond acceptors (Lipinski definition) is 4. The van der Waals surface area contributed by atoms with Crippen LogP contribution in [-0.4, -0.2) is 28.2 Å². The van der Waals surface area contributed by atoms with Gasteiger partial charge in [0.1, 0.15) is 11.6 Å². The first-order valence-electron chi connectivity index (χ1n) is 10.7. The topological polar surface area (TPSA) is 79.9 Å². The van der Waals surface area contributed by atoms with E-state index in [1.165, 1.54) is 12.1 Å². The minimum Gasteiger partial charge on any atom is -0.497 e. The molecule has 0 aliphatic rings. The molecule has 2 N–H and O–H groups in total. The molecule has 0 unspecified atom stereocenters. The highest BCUT2D eigenvalue weighted by Gasteiger charge is 2.20. The van der Waals surface area contributed by atoms with Crippen LogP contribution < -0.4 is 10.1 Å². The fourth-order valence-corrected chi connectivity index (χ4v) is 3.81. The fraction of sp³-hybridized carbons (Fsp3) is 0.0741. The van der Waals surface area contributed by atoms with Gasteiger partial charge in [0.05, 0.1) is 29.4 Å². The zero-order chi connectivity index (χ0) is 23.5. The van der Waals surface area contributed by atoms with Gasteiger partial charge < -0.3 is 10.1 Å². The van der Waals surface area contributed by atoms with Crippen LogP contribution in [-0.2, 0) is 6.54 Å². The molecule has 0 saturated carbocycles. The van der Waals surface area contributed by atoms with E-state index in [9.17, 15) is 9.18 Å². The van der Waals surface area contributed by atoms with Gasteiger partial charge in [0.25, 0.3) is 5.91 Å². The molecule has 34 heavy (non-hydrogen) atoms. The van der Waals surface area contributed by atoms with Gasteiger partial charge >= 0.3 is 0 Å². The second kappa shape index (κ2) is 9.15. The number of carbonyl (C=O) groups is 1. The molecule has 7 heteroatoms. The standard InChI is InChI=1S/C27H21FN4O2/c1-34-21-13-9-18(10-14-21)23-15-22(27(33)29-16-17-5-3-2-4-6-17)24-25(31-32-26(24)30-23)19-7-11-20(28)12-8-19/h2-15H,16H2,1H3,(H,29,33)(H,30,31,32). The van der Waals surface area contributed by atoms with E-state index in [-0.39, 0.29) is 11.7 Å². The van der Waals surface area contributed by atoms with Crippen molar-refractivity contribution >= 4 is 16.9 Å². The van der Waals surface area contributed by atoms with E-state index < -0.39 is 0 Å². The SMILES string of the molecule is COc1ccc(-c2cc(C(=O)NCc3ccccc3)c3c(-c4ccc(F)cc4)[nH]nc3n2)cc1. The Morgan fingerprint density at radius 2 is 1.68 bits per heavy atom. The Hall–Kier alpha value is -4.52. The van der Waals surface area contributed by atoms with Crippen LogP contribution in [0.3, 0.4) is 0 Å². The maximum atomic E-state index is 13.5. The lowest BCUT2D eigenvalue weighted by Gasteiger charge is -2.10. The van der Waals surface area contributed by atoms with Gasteiger partial charge in [-0.1, -0.05) is 30.3 Å². The lowest BCUT2D eigenvalue weighted by Crippen LogP contribution is -2.23. The Morgan fingerprint density at radius 3 is 2.38 bits per heavy atom. The molecule has 0 aliphatic carbocycles. The maximum Gasteiger partial charge on any atom is 0.252 e. The van der Waals surface area contributed by atoms with Crippen molar-refractivity contribution in [3.05, 3.63) is 102 Å². The van der Waals surface area contributed by atoms with E-state index in [0.29, 0.717) is 40.1 Å². The predicted octanol–water partition coefficient (Wildman–Crippen LogP) is 5.37. The number of carbonyl (C=O) groups excluding carboxylic acids is 1. The van der Waals surface area contributed by atoms with E-state index in [2.05, 4.69) is 20.5 Å². The Balaban J connectivity index is 1.61. The fourth-order valence-electron chi connectivity index (χ4n) is 3.81. The molecular weight excluding hydrogens is 431 g/mol. The summed E-state index contributed by atoms with van der Waals surface area (Å²) in [7, 11) is 1.61. The van der Waals surface area contributed by atoms with Crippen LogP contribution in [0.15, 0.2) is 84.9 Å². The molecule has 3 aromatic carbocycles. The van der Waals surface area contributed by atoms with Crippen LogP contribution in [0.25, 0.3) is 33.5 Å². The summed E-state index contributed by atoms with van der Waals surface area (Å²) in [4.78, 5) is 18.1. The van der Waals surface area contributed by atoms with Crippen molar-refractivity contribution in [3.8, 4) is 28.3 Å². The summed E-state index contributed by atoms with van der Waals surface area (Å²) in [6.07, 6.45) is 0. The Morgan fingerprint density at radius 1 is 0.971 bits per heavy atom. The summed E-state index contributed by atoms with van der Waals surface area (Å²) in [6.45, 7) is 0.380. The number of pyridine rings is 1. The van der Waals surface area contributed by atoms with Crippen LogP contribution in [0.4, 0.5) is 4.39 Å². The molecule has 0 fully saturated rings. The van der Waals surface area contributed by atoms with Crippen molar-refractivity contribution < 1.29 is 13.9 Å². The van der Waals surface area contributed by atoms with E-state index in [1.807, 2.05) is 54.6 Å². The molecular formula is C27H21FN4O2. The Bertz CT molecular complexity index is 1450. The molecule has 0 bridgehead atoms. The van der Waals surface area contributed by atoms with Crippen LogP contribution in [0.5, 0.6) is 5.75 Å². The molecule has 2 heterocycles. The summed E-state index contributed by atoms with van der Waals surface area (Å²) in [5.74, 6) is 0.133. The van der Waals surface area contributed by atoms with Crippen LogP contribution in [0.1, 0.15) is 15.9 Å². The van der Waals surface area contributed by atoms with Crippen molar-refractivity contribution in [2.24, 2.45) is 0 Å². The summed E-state index contributed by atoms with van der Waals surface area (Å²) in [5.41, 5.74) is 4.57. The number of benzene rings is 3. The monoisotopic (exact) mass is 452 g/mol. The van der Waals surface area contributed by atoms with Gasteiger partial charge in [-0.2, -0.15) is 5.10 Å². The number of H-pyrrole nitrogens is 1. The predicted molar refractivity (Wildman–Crippen MR) is 129 cm³/mol. The number of nitrogens with zero attached hydrogens (tertiary/aromatic N) is 2. The van der Waals surface area contributed by atoms with Crippen molar-refractivity contribution in [2.45, 2.75) is 6.54 Å². The highest BCUT2D eigenvalue weighted by Crippen LogP contribution is 2.32. The van der Waals surface area contributed by atoms with Crippen LogP contribution in [0.2, 0.25) is 0 Å². The van der Waals surface area contributed by atoms with E-state index in [4.69, 9.17) is 4.74 Å². The van der Waals surface area contributed by atoms with Gasteiger partial charge in [0.15, 0.2) is 5.65 Å². The number of ether oxygens (including phenoxy) is 1. The second-order valence-corrected chi connectivity index (χ2v) is 7.76. The molecule has 0 radical (unpaired) electrons. The molecule has 0 atom stereocenters. The van der Waals surface area contributed by atoms with Crippen molar-refractivity contribution in [3.63, 3.8) is 0 Å². The van der Waals surface area contributed by atoms with E-state index in [1.54, 1.807) is 25.3 Å². The first-order chi connectivity index (χ1) is 16.6.